The highest BCUT2D eigenvalue weighted by atomic mass is 19.3. The van der Waals surface area contributed by atoms with Gasteiger partial charge in [-0.25, -0.2) is 8.78 Å². The number of alkyl halides is 2. The van der Waals surface area contributed by atoms with Crippen LogP contribution in [0.4, 0.5) is 8.78 Å². The molecule has 2 atom stereocenters. The Labute approximate surface area is 101 Å². The summed E-state index contributed by atoms with van der Waals surface area (Å²) < 4.78 is 26.3. The van der Waals surface area contributed by atoms with Gasteiger partial charge in [0, 0.05) is 5.92 Å². The molecule has 1 rings (SSSR count). The van der Waals surface area contributed by atoms with Crippen LogP contribution < -0.4 is 0 Å². The lowest BCUT2D eigenvalue weighted by Gasteiger charge is -2.24. The number of phenols is 1. The molecule has 0 aliphatic heterocycles. The van der Waals surface area contributed by atoms with E-state index in [4.69, 9.17) is 0 Å². The maximum Gasteiger partial charge on any atom is 0.247 e. The summed E-state index contributed by atoms with van der Waals surface area (Å²) in [7, 11) is 0. The van der Waals surface area contributed by atoms with E-state index in [0.717, 1.165) is 18.9 Å². The molecule has 0 saturated heterocycles. The van der Waals surface area contributed by atoms with Gasteiger partial charge < -0.3 is 5.11 Å². The first-order valence-corrected chi connectivity index (χ1v) is 6.01. The van der Waals surface area contributed by atoms with Gasteiger partial charge in [-0.3, -0.25) is 0 Å². The maximum absolute atomic E-state index is 13.2. The highest BCUT2D eigenvalue weighted by Crippen LogP contribution is 2.35. The van der Waals surface area contributed by atoms with Crippen LogP contribution in [0.15, 0.2) is 24.3 Å². The Morgan fingerprint density at radius 2 is 2.00 bits per heavy atom. The second-order valence-electron chi connectivity index (χ2n) is 4.79. The molecule has 17 heavy (non-hydrogen) atoms. The Hall–Kier alpha value is -1.12. The van der Waals surface area contributed by atoms with E-state index in [1.165, 1.54) is 0 Å². The summed E-state index contributed by atoms with van der Waals surface area (Å²) in [4.78, 5) is 0. The van der Waals surface area contributed by atoms with Gasteiger partial charge in [0.15, 0.2) is 0 Å². The van der Waals surface area contributed by atoms with Crippen molar-refractivity contribution in [1.29, 1.82) is 0 Å². The summed E-state index contributed by atoms with van der Waals surface area (Å²) in [6.07, 6.45) is 1.23. The van der Waals surface area contributed by atoms with Crippen LogP contribution in [0.2, 0.25) is 0 Å². The van der Waals surface area contributed by atoms with E-state index in [9.17, 15) is 13.9 Å². The fourth-order valence-electron chi connectivity index (χ4n) is 1.95. The van der Waals surface area contributed by atoms with Gasteiger partial charge in [0.2, 0.25) is 5.92 Å². The van der Waals surface area contributed by atoms with E-state index < -0.39 is 11.8 Å². The highest BCUT2D eigenvalue weighted by Gasteiger charge is 2.31. The zero-order valence-corrected chi connectivity index (χ0v) is 10.6. The van der Waals surface area contributed by atoms with Crippen molar-refractivity contribution in [1.82, 2.24) is 0 Å². The first-order valence-electron chi connectivity index (χ1n) is 6.01. The Bertz CT molecular complexity index is 357. The molecule has 1 aromatic rings. The Morgan fingerprint density at radius 1 is 1.35 bits per heavy atom. The number of phenolic OH excluding ortho intramolecular Hbond substituents is 1. The lowest BCUT2D eigenvalue weighted by molar-refractivity contribution is -0.0378. The Balaban J connectivity index is 2.79. The van der Waals surface area contributed by atoms with Crippen molar-refractivity contribution in [2.24, 2.45) is 5.92 Å². The number of hydrogen-bond donors (Lipinski definition) is 1. The SMILES string of the molecule is CCC(CC(C)C(C)(F)F)c1cccc(O)c1. The van der Waals surface area contributed by atoms with Crippen LogP contribution in [0.3, 0.4) is 0 Å². The van der Waals surface area contributed by atoms with Crippen LogP contribution in [0.1, 0.15) is 45.1 Å². The van der Waals surface area contributed by atoms with E-state index in [1.54, 1.807) is 25.1 Å². The monoisotopic (exact) mass is 242 g/mol. The molecule has 2 unspecified atom stereocenters. The molecule has 0 spiro atoms. The average molecular weight is 242 g/mol. The number of rotatable bonds is 5. The zero-order chi connectivity index (χ0) is 13.1. The molecule has 0 amide bonds. The molecule has 1 N–H and O–H groups in total. The summed E-state index contributed by atoms with van der Waals surface area (Å²) in [5, 5.41) is 9.40. The predicted octanol–water partition coefficient (Wildman–Crippen LogP) is 4.57. The summed E-state index contributed by atoms with van der Waals surface area (Å²) in [5.41, 5.74) is 0.934. The van der Waals surface area contributed by atoms with Crippen LogP contribution in [-0.2, 0) is 0 Å². The molecular formula is C14H20F2O. The molecule has 0 aliphatic rings. The second-order valence-corrected chi connectivity index (χ2v) is 4.79. The molecule has 0 fully saturated rings. The number of benzene rings is 1. The fourth-order valence-corrected chi connectivity index (χ4v) is 1.95. The van der Waals surface area contributed by atoms with Gasteiger partial charge in [-0.05, 0) is 43.4 Å². The van der Waals surface area contributed by atoms with Crippen LogP contribution in [0.5, 0.6) is 5.75 Å². The van der Waals surface area contributed by atoms with Crippen LogP contribution in [0.25, 0.3) is 0 Å². The number of hydrogen-bond acceptors (Lipinski definition) is 1. The van der Waals surface area contributed by atoms with Crippen molar-refractivity contribution in [3.05, 3.63) is 29.8 Å². The third-order valence-corrected chi connectivity index (χ3v) is 3.34. The first kappa shape index (κ1) is 13.9. The third kappa shape index (κ3) is 3.99. The van der Waals surface area contributed by atoms with E-state index in [0.29, 0.717) is 6.42 Å². The molecule has 0 radical (unpaired) electrons. The normalized spacial score (nSPS) is 15.6. The highest BCUT2D eigenvalue weighted by molar-refractivity contribution is 5.29. The quantitative estimate of drug-likeness (QED) is 0.802. The van der Waals surface area contributed by atoms with Gasteiger partial charge in [-0.15, -0.1) is 0 Å². The molecule has 0 bridgehead atoms. The molecule has 1 aromatic carbocycles. The van der Waals surface area contributed by atoms with Crippen molar-refractivity contribution in [2.75, 3.05) is 0 Å². The van der Waals surface area contributed by atoms with Gasteiger partial charge in [-0.2, -0.15) is 0 Å². The topological polar surface area (TPSA) is 20.2 Å². The first-order chi connectivity index (χ1) is 7.84. The van der Waals surface area contributed by atoms with Crippen LogP contribution in [0, 0.1) is 5.92 Å². The molecule has 0 heterocycles. The van der Waals surface area contributed by atoms with E-state index >= 15 is 0 Å². The number of halogens is 2. The summed E-state index contributed by atoms with van der Waals surface area (Å²) in [6, 6.07) is 6.89. The zero-order valence-electron chi connectivity index (χ0n) is 10.6. The van der Waals surface area contributed by atoms with Crippen molar-refractivity contribution in [3.8, 4) is 5.75 Å². The molecule has 96 valence electrons. The minimum atomic E-state index is -2.65. The molecule has 0 aliphatic carbocycles. The van der Waals surface area contributed by atoms with Gasteiger partial charge in [0.1, 0.15) is 5.75 Å². The van der Waals surface area contributed by atoms with Gasteiger partial charge in [-0.1, -0.05) is 26.0 Å². The van der Waals surface area contributed by atoms with E-state index in [2.05, 4.69) is 0 Å². The van der Waals surface area contributed by atoms with Crippen molar-refractivity contribution >= 4 is 0 Å². The van der Waals surface area contributed by atoms with Crippen molar-refractivity contribution < 1.29 is 13.9 Å². The van der Waals surface area contributed by atoms with Crippen LogP contribution >= 0.6 is 0 Å². The Morgan fingerprint density at radius 3 is 2.47 bits per heavy atom. The molecule has 0 aromatic heterocycles. The van der Waals surface area contributed by atoms with Crippen LogP contribution in [-0.4, -0.2) is 11.0 Å². The lowest BCUT2D eigenvalue weighted by Crippen LogP contribution is -2.23. The minimum absolute atomic E-state index is 0.0722. The average Bonchev–Trinajstić information content (AvgIpc) is 2.24. The molecule has 3 heteroatoms. The maximum atomic E-state index is 13.2. The summed E-state index contributed by atoms with van der Waals surface area (Å²) >= 11 is 0. The Kier molecular flexibility index (Phi) is 4.49. The largest absolute Gasteiger partial charge is 0.508 e. The van der Waals surface area contributed by atoms with E-state index in [1.807, 2.05) is 13.0 Å². The number of aromatic hydroxyl groups is 1. The molecule has 1 nitrogen and oxygen atoms in total. The fraction of sp³-hybridized carbons (Fsp3) is 0.571. The van der Waals surface area contributed by atoms with E-state index in [-0.39, 0.29) is 11.7 Å². The molecular weight excluding hydrogens is 222 g/mol. The standard InChI is InChI=1S/C14H20F2O/c1-4-11(8-10(2)14(3,15)16)12-6-5-7-13(17)9-12/h5-7,9-11,17H,4,8H2,1-3H3. The third-order valence-electron chi connectivity index (χ3n) is 3.34. The van der Waals surface area contributed by atoms with Gasteiger partial charge >= 0.3 is 0 Å². The van der Waals surface area contributed by atoms with Crippen molar-refractivity contribution in [3.63, 3.8) is 0 Å². The van der Waals surface area contributed by atoms with Crippen molar-refractivity contribution in [2.45, 2.75) is 45.5 Å². The van der Waals surface area contributed by atoms with Gasteiger partial charge in [0.25, 0.3) is 0 Å². The predicted molar refractivity (Wildman–Crippen MR) is 65.5 cm³/mol. The second kappa shape index (κ2) is 5.48. The molecule has 0 saturated carbocycles. The summed E-state index contributed by atoms with van der Waals surface area (Å²) in [6.45, 7) is 4.52. The minimum Gasteiger partial charge on any atom is -0.508 e. The smallest absolute Gasteiger partial charge is 0.247 e. The summed E-state index contributed by atoms with van der Waals surface area (Å²) in [5.74, 6) is -3.04. The lowest BCUT2D eigenvalue weighted by atomic mass is 9.85. The van der Waals surface area contributed by atoms with Gasteiger partial charge in [0.05, 0.1) is 0 Å².